The summed E-state index contributed by atoms with van der Waals surface area (Å²) in [4.78, 5) is 2.35. The van der Waals surface area contributed by atoms with E-state index in [9.17, 15) is 0 Å². The standard InChI is InChI=1S/C12H19N.C3H8/c1-11(2)7-8-12(3)13-9-5-4-6-10-13;1-3-2/h7-8H,1,3-6,9-10H2,2H3;3H2,1-2H3/b8-7-;. The van der Waals surface area contributed by atoms with Gasteiger partial charge in [0.15, 0.2) is 0 Å². The number of likely N-dealkylation sites (tertiary alicyclic amines) is 1. The molecular formula is C15H27N. The predicted octanol–water partition coefficient (Wildman–Crippen LogP) is 4.53. The number of rotatable bonds is 3. The molecule has 1 heteroatoms. The van der Waals surface area contributed by atoms with Crippen LogP contribution in [-0.2, 0) is 0 Å². The smallest absolute Gasteiger partial charge is 0.0293 e. The molecule has 0 aromatic rings. The minimum atomic E-state index is 1.08. The van der Waals surface area contributed by atoms with E-state index in [0.717, 1.165) is 11.3 Å². The van der Waals surface area contributed by atoms with E-state index in [1.807, 2.05) is 13.0 Å². The highest BCUT2D eigenvalue weighted by Gasteiger charge is 2.09. The number of nitrogens with zero attached hydrogens (tertiary/aromatic N) is 1. The first-order chi connectivity index (χ1) is 7.61. The second-order valence-electron chi connectivity index (χ2n) is 4.43. The Bertz CT molecular complexity index is 232. The largest absolute Gasteiger partial charge is 0.372 e. The molecule has 0 amide bonds. The molecule has 0 radical (unpaired) electrons. The molecule has 1 rings (SSSR count). The second kappa shape index (κ2) is 9.26. The van der Waals surface area contributed by atoms with E-state index in [2.05, 4.69) is 38.0 Å². The van der Waals surface area contributed by atoms with Gasteiger partial charge in [0.05, 0.1) is 0 Å². The summed E-state index contributed by atoms with van der Waals surface area (Å²) in [5.41, 5.74) is 2.21. The third-order valence-electron chi connectivity index (χ3n) is 2.32. The summed E-state index contributed by atoms with van der Waals surface area (Å²) in [6.45, 7) is 16.5. The zero-order valence-corrected chi connectivity index (χ0v) is 11.3. The average molecular weight is 221 g/mol. The zero-order chi connectivity index (χ0) is 12.4. The van der Waals surface area contributed by atoms with E-state index in [0.29, 0.717) is 0 Å². The van der Waals surface area contributed by atoms with Crippen molar-refractivity contribution in [3.05, 3.63) is 36.6 Å². The van der Waals surface area contributed by atoms with Crippen LogP contribution in [0.5, 0.6) is 0 Å². The van der Waals surface area contributed by atoms with Crippen molar-refractivity contribution >= 4 is 0 Å². The van der Waals surface area contributed by atoms with Crippen LogP contribution in [0, 0.1) is 0 Å². The van der Waals surface area contributed by atoms with Crippen molar-refractivity contribution in [2.45, 2.75) is 46.5 Å². The maximum atomic E-state index is 4.05. The lowest BCUT2D eigenvalue weighted by Gasteiger charge is -2.28. The van der Waals surface area contributed by atoms with Gasteiger partial charge in [-0.15, -0.1) is 0 Å². The molecule has 1 nitrogen and oxygen atoms in total. The molecule has 1 fully saturated rings. The highest BCUT2D eigenvalue weighted by Crippen LogP contribution is 2.14. The maximum absolute atomic E-state index is 4.05. The normalized spacial score (nSPS) is 15.6. The summed E-state index contributed by atoms with van der Waals surface area (Å²) in [6.07, 6.45) is 9.32. The fourth-order valence-corrected chi connectivity index (χ4v) is 1.52. The van der Waals surface area contributed by atoms with Crippen LogP contribution in [0.25, 0.3) is 0 Å². The molecule has 0 saturated carbocycles. The first-order valence-electron chi connectivity index (χ1n) is 6.39. The molecule has 0 spiro atoms. The first kappa shape index (κ1) is 15.0. The lowest BCUT2D eigenvalue weighted by molar-refractivity contribution is 0.294. The quantitative estimate of drug-likeness (QED) is 0.633. The fraction of sp³-hybridized carbons (Fsp3) is 0.600. The van der Waals surface area contributed by atoms with Crippen LogP contribution in [0.15, 0.2) is 36.6 Å². The van der Waals surface area contributed by atoms with Gasteiger partial charge < -0.3 is 4.90 Å². The van der Waals surface area contributed by atoms with Gasteiger partial charge in [-0.05, 0) is 32.3 Å². The molecule has 1 saturated heterocycles. The number of hydrogen-bond acceptors (Lipinski definition) is 1. The molecular weight excluding hydrogens is 194 g/mol. The van der Waals surface area contributed by atoms with Gasteiger partial charge in [-0.3, -0.25) is 0 Å². The van der Waals surface area contributed by atoms with Crippen LogP contribution in [0.1, 0.15) is 46.5 Å². The molecule has 1 aliphatic rings. The minimum Gasteiger partial charge on any atom is -0.372 e. The van der Waals surface area contributed by atoms with Gasteiger partial charge in [0, 0.05) is 18.8 Å². The molecule has 16 heavy (non-hydrogen) atoms. The molecule has 0 bridgehead atoms. The summed E-state index contributed by atoms with van der Waals surface area (Å²) in [6, 6.07) is 0. The molecule has 0 N–H and O–H groups in total. The van der Waals surface area contributed by atoms with E-state index < -0.39 is 0 Å². The third-order valence-corrected chi connectivity index (χ3v) is 2.32. The average Bonchev–Trinajstić information content (AvgIpc) is 2.28. The lowest BCUT2D eigenvalue weighted by atomic mass is 10.1. The van der Waals surface area contributed by atoms with Crippen molar-refractivity contribution < 1.29 is 0 Å². The van der Waals surface area contributed by atoms with Gasteiger partial charge in [0.25, 0.3) is 0 Å². The monoisotopic (exact) mass is 221 g/mol. The Morgan fingerprint density at radius 2 is 1.56 bits per heavy atom. The Hall–Kier alpha value is -0.980. The molecule has 1 aliphatic heterocycles. The van der Waals surface area contributed by atoms with Crippen molar-refractivity contribution in [3.8, 4) is 0 Å². The van der Waals surface area contributed by atoms with E-state index in [1.165, 1.54) is 38.8 Å². The minimum absolute atomic E-state index is 1.08. The molecule has 0 atom stereocenters. The first-order valence-corrected chi connectivity index (χ1v) is 6.39. The van der Waals surface area contributed by atoms with Crippen molar-refractivity contribution in [2.75, 3.05) is 13.1 Å². The van der Waals surface area contributed by atoms with Gasteiger partial charge in [0.1, 0.15) is 0 Å². The summed E-state index contributed by atoms with van der Waals surface area (Å²) in [7, 11) is 0. The summed E-state index contributed by atoms with van der Waals surface area (Å²) in [5.74, 6) is 0. The second-order valence-corrected chi connectivity index (χ2v) is 4.43. The SMILES string of the molecule is C=C(C)/C=C\C(=C)N1CCCCC1.CCC. The zero-order valence-electron chi connectivity index (χ0n) is 11.3. The maximum Gasteiger partial charge on any atom is 0.0293 e. The van der Waals surface area contributed by atoms with Crippen LogP contribution < -0.4 is 0 Å². The molecule has 0 aromatic heterocycles. The Balaban J connectivity index is 0.000000673. The molecule has 1 heterocycles. The third kappa shape index (κ3) is 7.33. The van der Waals surface area contributed by atoms with Gasteiger partial charge in [-0.1, -0.05) is 45.1 Å². The summed E-state index contributed by atoms with van der Waals surface area (Å²) < 4.78 is 0. The Kier molecular flexibility index (Phi) is 8.69. The van der Waals surface area contributed by atoms with Crippen molar-refractivity contribution in [1.82, 2.24) is 4.90 Å². The van der Waals surface area contributed by atoms with Crippen LogP contribution in [0.4, 0.5) is 0 Å². The number of hydrogen-bond donors (Lipinski definition) is 0. The molecule has 0 aliphatic carbocycles. The van der Waals surface area contributed by atoms with E-state index >= 15 is 0 Å². The van der Waals surface area contributed by atoms with Gasteiger partial charge in [-0.25, -0.2) is 0 Å². The van der Waals surface area contributed by atoms with Crippen molar-refractivity contribution in [1.29, 1.82) is 0 Å². The highest BCUT2D eigenvalue weighted by atomic mass is 15.1. The molecule has 0 unspecified atom stereocenters. The number of piperidine rings is 1. The summed E-state index contributed by atoms with van der Waals surface area (Å²) >= 11 is 0. The van der Waals surface area contributed by atoms with Crippen LogP contribution in [0.3, 0.4) is 0 Å². The van der Waals surface area contributed by atoms with Crippen molar-refractivity contribution in [2.24, 2.45) is 0 Å². The van der Waals surface area contributed by atoms with Gasteiger partial charge >= 0.3 is 0 Å². The van der Waals surface area contributed by atoms with Gasteiger partial charge in [0.2, 0.25) is 0 Å². The highest BCUT2D eigenvalue weighted by molar-refractivity contribution is 5.22. The number of allylic oxidation sites excluding steroid dienone is 3. The van der Waals surface area contributed by atoms with Crippen molar-refractivity contribution in [3.63, 3.8) is 0 Å². The van der Waals surface area contributed by atoms with E-state index in [4.69, 9.17) is 0 Å². The Labute approximate surface area is 102 Å². The lowest BCUT2D eigenvalue weighted by Crippen LogP contribution is -2.27. The van der Waals surface area contributed by atoms with Gasteiger partial charge in [-0.2, -0.15) is 0 Å². The van der Waals surface area contributed by atoms with E-state index in [1.54, 1.807) is 0 Å². The fourth-order valence-electron chi connectivity index (χ4n) is 1.52. The predicted molar refractivity (Wildman–Crippen MR) is 74.5 cm³/mol. The Morgan fingerprint density at radius 3 is 2.00 bits per heavy atom. The molecule has 0 aromatic carbocycles. The van der Waals surface area contributed by atoms with Crippen LogP contribution >= 0.6 is 0 Å². The topological polar surface area (TPSA) is 3.24 Å². The molecule has 92 valence electrons. The van der Waals surface area contributed by atoms with Crippen LogP contribution in [-0.4, -0.2) is 18.0 Å². The Morgan fingerprint density at radius 1 is 1.06 bits per heavy atom. The van der Waals surface area contributed by atoms with Crippen LogP contribution in [0.2, 0.25) is 0 Å². The van der Waals surface area contributed by atoms with E-state index in [-0.39, 0.29) is 0 Å². The summed E-state index contributed by atoms with van der Waals surface area (Å²) in [5, 5.41) is 0.